The first-order chi connectivity index (χ1) is 10.8. The zero-order valence-corrected chi connectivity index (χ0v) is 12.3. The molecule has 2 aliphatic heterocycles. The Kier molecular flexibility index (Phi) is 2.27. The van der Waals surface area contributed by atoms with Crippen molar-refractivity contribution in [3.05, 3.63) is 48.5 Å². The van der Waals surface area contributed by atoms with Gasteiger partial charge in [0.25, 0.3) is 0 Å². The van der Waals surface area contributed by atoms with Crippen LogP contribution >= 0.6 is 0 Å². The van der Waals surface area contributed by atoms with Crippen LogP contribution in [-0.2, 0) is 0 Å². The Labute approximate surface area is 129 Å². The lowest BCUT2D eigenvalue weighted by Gasteiger charge is -2.58. The van der Waals surface area contributed by atoms with Crippen molar-refractivity contribution in [2.75, 3.05) is 10.6 Å². The Hall–Kier alpha value is -2.36. The molecule has 2 heterocycles. The smallest absolute Gasteiger partial charge is 0.239 e. The second-order valence-electron chi connectivity index (χ2n) is 6.31. The maximum atomic E-state index is 6.48. The Bertz CT molecular complexity index is 630. The van der Waals surface area contributed by atoms with Gasteiger partial charge in [0.05, 0.1) is 11.4 Å². The van der Waals surface area contributed by atoms with Gasteiger partial charge in [-0.15, -0.1) is 0 Å². The van der Waals surface area contributed by atoms with Crippen LogP contribution in [0.25, 0.3) is 0 Å². The Morgan fingerprint density at radius 1 is 0.682 bits per heavy atom. The zero-order chi connectivity index (χ0) is 14.6. The summed E-state index contributed by atoms with van der Waals surface area (Å²) in [4.78, 5) is 0. The Morgan fingerprint density at radius 3 is 1.64 bits per heavy atom. The van der Waals surface area contributed by atoms with Crippen molar-refractivity contribution >= 4 is 11.4 Å². The molecule has 2 aromatic carbocycles. The molecule has 1 aliphatic carbocycles. The highest BCUT2D eigenvalue weighted by atomic mass is 16.6. The topological polar surface area (TPSA) is 42.5 Å². The predicted molar refractivity (Wildman–Crippen MR) is 85.3 cm³/mol. The Balaban J connectivity index is 1.69. The fourth-order valence-electron chi connectivity index (χ4n) is 3.92. The molecule has 0 saturated heterocycles. The zero-order valence-electron chi connectivity index (χ0n) is 12.3. The molecular weight excluding hydrogens is 276 g/mol. The molecule has 22 heavy (non-hydrogen) atoms. The predicted octanol–water partition coefficient (Wildman–Crippen LogP) is 3.96. The van der Waals surface area contributed by atoms with Gasteiger partial charge in [-0.3, -0.25) is 0 Å². The summed E-state index contributed by atoms with van der Waals surface area (Å²) in [5.41, 5.74) is 0.907. The van der Waals surface area contributed by atoms with Crippen molar-refractivity contribution in [2.24, 2.45) is 0 Å². The number of hydrogen-bond acceptors (Lipinski definition) is 4. The summed E-state index contributed by atoms with van der Waals surface area (Å²) in [7, 11) is 0. The minimum atomic E-state index is -0.548. The van der Waals surface area contributed by atoms with Gasteiger partial charge < -0.3 is 20.1 Å². The van der Waals surface area contributed by atoms with Gasteiger partial charge >= 0.3 is 0 Å². The SMILES string of the molecule is c1ccc2c(c1)N[C@@]13CCCC[C@@]1(Nc1ccccc1O3)O2. The third-order valence-electron chi connectivity index (χ3n) is 4.98. The molecule has 0 unspecified atom stereocenters. The lowest BCUT2D eigenvalue weighted by molar-refractivity contribution is -0.124. The van der Waals surface area contributed by atoms with Crippen LogP contribution in [0.4, 0.5) is 11.4 Å². The average Bonchev–Trinajstić information content (AvgIpc) is 2.55. The maximum absolute atomic E-state index is 6.48. The molecule has 2 N–H and O–H groups in total. The van der Waals surface area contributed by atoms with Gasteiger partial charge in [-0.05, 0) is 37.1 Å². The summed E-state index contributed by atoms with van der Waals surface area (Å²) in [5, 5.41) is 7.27. The molecule has 1 saturated carbocycles. The molecule has 1 fully saturated rings. The third-order valence-corrected chi connectivity index (χ3v) is 4.98. The minimum Gasteiger partial charge on any atom is -0.460 e. The Morgan fingerprint density at radius 2 is 1.14 bits per heavy atom. The number of rotatable bonds is 0. The maximum Gasteiger partial charge on any atom is 0.239 e. The van der Waals surface area contributed by atoms with Gasteiger partial charge in [0.1, 0.15) is 11.5 Å². The molecule has 2 atom stereocenters. The highest BCUT2D eigenvalue weighted by molar-refractivity contribution is 5.67. The molecule has 5 rings (SSSR count). The minimum absolute atomic E-state index is 0.548. The summed E-state index contributed by atoms with van der Waals surface area (Å²) >= 11 is 0. The molecule has 0 radical (unpaired) electrons. The van der Waals surface area contributed by atoms with E-state index in [0.717, 1.165) is 48.6 Å². The van der Waals surface area contributed by atoms with Crippen LogP contribution in [-0.4, -0.2) is 11.4 Å². The van der Waals surface area contributed by atoms with Gasteiger partial charge in [-0.1, -0.05) is 24.3 Å². The normalized spacial score (nSPS) is 30.9. The van der Waals surface area contributed by atoms with Crippen molar-refractivity contribution < 1.29 is 9.47 Å². The lowest BCUT2D eigenvalue weighted by Crippen LogP contribution is -2.74. The van der Waals surface area contributed by atoms with Crippen LogP contribution in [0, 0.1) is 0 Å². The number of fused-ring (bicyclic) bond motifs is 2. The number of hydrogen-bond donors (Lipinski definition) is 2. The van der Waals surface area contributed by atoms with Crippen LogP contribution in [0.2, 0.25) is 0 Å². The van der Waals surface area contributed by atoms with Gasteiger partial charge in [0.2, 0.25) is 11.4 Å². The molecule has 0 aromatic heterocycles. The first-order valence-corrected chi connectivity index (χ1v) is 7.93. The van der Waals surface area contributed by atoms with Crippen LogP contribution in [0.5, 0.6) is 11.5 Å². The van der Waals surface area contributed by atoms with E-state index in [1.807, 2.05) is 48.5 Å². The van der Waals surface area contributed by atoms with E-state index >= 15 is 0 Å². The number of anilines is 2. The molecule has 112 valence electrons. The summed E-state index contributed by atoms with van der Waals surface area (Å²) in [6.45, 7) is 0. The monoisotopic (exact) mass is 294 g/mol. The van der Waals surface area contributed by atoms with Crippen LogP contribution in [0.1, 0.15) is 25.7 Å². The van der Waals surface area contributed by atoms with Crippen LogP contribution in [0.15, 0.2) is 48.5 Å². The molecule has 4 heteroatoms. The van der Waals surface area contributed by atoms with E-state index in [1.165, 1.54) is 0 Å². The first kappa shape index (κ1) is 12.2. The van der Waals surface area contributed by atoms with E-state index in [1.54, 1.807) is 0 Å². The average molecular weight is 294 g/mol. The number of nitrogens with one attached hydrogen (secondary N) is 2. The fraction of sp³-hybridized carbons (Fsp3) is 0.333. The molecule has 4 nitrogen and oxygen atoms in total. The van der Waals surface area contributed by atoms with E-state index < -0.39 is 11.4 Å². The van der Waals surface area contributed by atoms with Gasteiger partial charge in [-0.25, -0.2) is 0 Å². The summed E-state index contributed by atoms with van der Waals surface area (Å²) in [6.07, 6.45) is 4.10. The highest BCUT2D eigenvalue weighted by Crippen LogP contribution is 2.53. The van der Waals surface area contributed by atoms with Crippen molar-refractivity contribution in [1.82, 2.24) is 0 Å². The number of para-hydroxylation sites is 4. The van der Waals surface area contributed by atoms with E-state index in [-0.39, 0.29) is 0 Å². The standard InChI is InChI=1S/C18H18N2O2/c1-3-9-15-13(7-1)19-17-11-5-6-12-18(17,21-15)20-14-8-2-4-10-16(14)22-17/h1-4,7-10,19-20H,5-6,11-12H2/t17-,18-/m1/s1. The molecule has 3 aliphatic rings. The summed E-state index contributed by atoms with van der Waals surface area (Å²) < 4.78 is 13.0. The van der Waals surface area contributed by atoms with Crippen molar-refractivity contribution in [2.45, 2.75) is 37.1 Å². The second kappa shape index (κ2) is 4.09. The van der Waals surface area contributed by atoms with Crippen LogP contribution in [0.3, 0.4) is 0 Å². The molecule has 2 aromatic rings. The first-order valence-electron chi connectivity index (χ1n) is 7.93. The largest absolute Gasteiger partial charge is 0.460 e. The lowest BCUT2D eigenvalue weighted by atomic mass is 9.80. The summed E-state index contributed by atoms with van der Waals surface area (Å²) in [5.74, 6) is 1.77. The quantitative estimate of drug-likeness (QED) is 0.771. The second-order valence-corrected chi connectivity index (χ2v) is 6.31. The molecule has 0 bridgehead atoms. The molecular formula is C18H18N2O2. The van der Waals surface area contributed by atoms with E-state index in [9.17, 15) is 0 Å². The van der Waals surface area contributed by atoms with Crippen molar-refractivity contribution in [3.8, 4) is 11.5 Å². The van der Waals surface area contributed by atoms with E-state index in [4.69, 9.17) is 9.47 Å². The third kappa shape index (κ3) is 1.47. The fourth-order valence-corrected chi connectivity index (χ4v) is 3.92. The van der Waals surface area contributed by atoms with Crippen molar-refractivity contribution in [3.63, 3.8) is 0 Å². The van der Waals surface area contributed by atoms with Gasteiger partial charge in [0.15, 0.2) is 0 Å². The van der Waals surface area contributed by atoms with Crippen molar-refractivity contribution in [1.29, 1.82) is 0 Å². The van der Waals surface area contributed by atoms with E-state index in [0.29, 0.717) is 0 Å². The number of ether oxygens (including phenoxy) is 2. The van der Waals surface area contributed by atoms with Gasteiger partial charge in [0, 0.05) is 12.8 Å². The molecule has 0 spiro atoms. The van der Waals surface area contributed by atoms with Gasteiger partial charge in [-0.2, -0.15) is 0 Å². The highest BCUT2D eigenvalue weighted by Gasteiger charge is 2.62. The summed E-state index contributed by atoms with van der Waals surface area (Å²) in [6, 6.07) is 16.2. The number of benzene rings is 2. The van der Waals surface area contributed by atoms with E-state index in [2.05, 4.69) is 10.6 Å². The van der Waals surface area contributed by atoms with Crippen LogP contribution < -0.4 is 20.1 Å². The molecule has 0 amide bonds.